The van der Waals surface area contributed by atoms with Gasteiger partial charge in [0.1, 0.15) is 24.2 Å². The summed E-state index contributed by atoms with van der Waals surface area (Å²) in [6.45, 7) is 2.06. The second kappa shape index (κ2) is 9.57. The van der Waals surface area contributed by atoms with Crippen molar-refractivity contribution in [3.05, 3.63) is 0 Å². The van der Waals surface area contributed by atoms with E-state index in [2.05, 4.69) is 17.9 Å². The normalized spacial score (nSPS) is 25.3. The van der Waals surface area contributed by atoms with E-state index in [4.69, 9.17) is 5.73 Å². The van der Waals surface area contributed by atoms with Crippen LogP contribution in [-0.4, -0.2) is 92.8 Å². The first kappa shape index (κ1) is 22.4. The molecule has 2 rings (SSSR count). The number of carboxylic acid groups (broad SMARTS) is 1. The molecule has 0 aromatic heterocycles. The van der Waals surface area contributed by atoms with Crippen molar-refractivity contribution in [2.45, 2.75) is 62.9 Å². The highest BCUT2D eigenvalue weighted by Gasteiger charge is 2.43. The highest BCUT2D eigenvalue weighted by molar-refractivity contribution is 7.80. The van der Waals surface area contributed by atoms with Gasteiger partial charge in [-0.2, -0.15) is 12.6 Å². The number of hydrogen-bond donors (Lipinski definition) is 5. The lowest BCUT2D eigenvalue weighted by Crippen LogP contribution is -2.58. The molecule has 0 aromatic carbocycles. The molecule has 2 heterocycles. The van der Waals surface area contributed by atoms with Crippen molar-refractivity contribution in [2.24, 2.45) is 5.73 Å². The zero-order valence-corrected chi connectivity index (χ0v) is 16.7. The Bertz CT molecular complexity index is 631. The predicted octanol–water partition coefficient (Wildman–Crippen LogP) is -1.82. The monoisotopic (exact) mass is 416 g/mol. The van der Waals surface area contributed by atoms with Gasteiger partial charge in [-0.3, -0.25) is 14.4 Å². The van der Waals surface area contributed by atoms with Crippen LogP contribution in [0.5, 0.6) is 0 Å². The summed E-state index contributed by atoms with van der Waals surface area (Å²) in [6.07, 6.45) is 0.964. The van der Waals surface area contributed by atoms with Gasteiger partial charge in [-0.05, 0) is 32.6 Å². The van der Waals surface area contributed by atoms with Crippen LogP contribution in [0.4, 0.5) is 0 Å². The maximum absolute atomic E-state index is 12.9. The van der Waals surface area contributed by atoms with E-state index in [1.165, 1.54) is 16.7 Å². The van der Waals surface area contributed by atoms with Crippen LogP contribution in [0.3, 0.4) is 0 Å². The van der Waals surface area contributed by atoms with Gasteiger partial charge in [-0.1, -0.05) is 0 Å². The molecule has 28 heavy (non-hydrogen) atoms. The molecule has 2 saturated heterocycles. The number of nitrogens with zero attached hydrogens (tertiary/aromatic N) is 2. The summed E-state index contributed by atoms with van der Waals surface area (Å²) in [6, 6.07) is -3.80. The molecule has 0 saturated carbocycles. The summed E-state index contributed by atoms with van der Waals surface area (Å²) in [5.41, 5.74) is 5.59. The lowest BCUT2D eigenvalue weighted by Gasteiger charge is -2.32. The zero-order chi connectivity index (χ0) is 21.0. The summed E-state index contributed by atoms with van der Waals surface area (Å²) in [4.78, 5) is 52.0. The van der Waals surface area contributed by atoms with Gasteiger partial charge in [0.15, 0.2) is 0 Å². The third kappa shape index (κ3) is 4.76. The lowest BCUT2D eigenvalue weighted by molar-refractivity contribution is -0.152. The Morgan fingerprint density at radius 3 is 2.25 bits per heavy atom. The molecule has 10 nitrogen and oxygen atoms in total. The molecule has 5 N–H and O–H groups in total. The largest absolute Gasteiger partial charge is 0.480 e. The van der Waals surface area contributed by atoms with Gasteiger partial charge in [0, 0.05) is 18.8 Å². The minimum Gasteiger partial charge on any atom is -0.480 e. The Balaban J connectivity index is 2.09. The van der Waals surface area contributed by atoms with Crippen LogP contribution in [0.25, 0.3) is 0 Å². The number of thiol groups is 1. The van der Waals surface area contributed by atoms with E-state index in [1.54, 1.807) is 0 Å². The summed E-state index contributed by atoms with van der Waals surface area (Å²) < 4.78 is 0. The van der Waals surface area contributed by atoms with E-state index in [-0.39, 0.29) is 11.7 Å². The van der Waals surface area contributed by atoms with Crippen LogP contribution in [0.15, 0.2) is 0 Å². The first-order valence-corrected chi connectivity index (χ1v) is 10.0. The molecule has 0 spiro atoms. The smallest absolute Gasteiger partial charge is 0.326 e. The van der Waals surface area contributed by atoms with Crippen molar-refractivity contribution in [2.75, 3.05) is 18.8 Å². The van der Waals surface area contributed by atoms with Crippen molar-refractivity contribution < 1.29 is 29.4 Å². The van der Waals surface area contributed by atoms with E-state index in [1.807, 2.05) is 0 Å². The van der Waals surface area contributed by atoms with E-state index >= 15 is 0 Å². The maximum atomic E-state index is 12.9. The first-order chi connectivity index (χ1) is 13.2. The predicted molar refractivity (Wildman–Crippen MR) is 103 cm³/mol. The average Bonchev–Trinajstić information content (AvgIpc) is 3.33. The standard InChI is InChI=1S/C17H28N4O6S/c1-9(22)13(18)14(23)19-10(8-28)15(24)20-6-2-4-11(20)16(25)21-7-3-5-12(21)17(26)27/h9-13,22,28H,2-8,18H2,1H3,(H,19,23)(H,26,27). The second-order valence-corrected chi connectivity index (χ2v) is 7.59. The van der Waals surface area contributed by atoms with E-state index in [9.17, 15) is 29.4 Å². The number of likely N-dealkylation sites (tertiary alicyclic amines) is 2. The Labute approximate surface area is 168 Å². The Morgan fingerprint density at radius 2 is 1.71 bits per heavy atom. The minimum absolute atomic E-state index is 0.00399. The zero-order valence-electron chi connectivity index (χ0n) is 15.8. The number of nitrogens with two attached hydrogens (primary N) is 1. The van der Waals surface area contributed by atoms with Crippen LogP contribution < -0.4 is 11.1 Å². The minimum atomic E-state index is -1.19. The van der Waals surface area contributed by atoms with E-state index in [0.717, 1.165) is 0 Å². The van der Waals surface area contributed by atoms with Crippen LogP contribution in [-0.2, 0) is 19.2 Å². The molecule has 5 atom stereocenters. The number of aliphatic carboxylic acids is 1. The fourth-order valence-corrected chi connectivity index (χ4v) is 3.89. The number of carbonyl (C=O) groups is 4. The molecule has 2 aliphatic rings. The lowest BCUT2D eigenvalue weighted by atomic mass is 10.1. The quantitative estimate of drug-likeness (QED) is 0.306. The number of carboxylic acids is 1. The molecule has 0 radical (unpaired) electrons. The fourth-order valence-electron chi connectivity index (χ4n) is 3.64. The summed E-state index contributed by atoms with van der Waals surface area (Å²) in [5, 5.41) is 21.2. The molecule has 158 valence electrons. The first-order valence-electron chi connectivity index (χ1n) is 9.37. The van der Waals surface area contributed by atoms with E-state index < -0.39 is 48.1 Å². The third-order valence-electron chi connectivity index (χ3n) is 5.26. The van der Waals surface area contributed by atoms with Crippen molar-refractivity contribution in [1.29, 1.82) is 0 Å². The fraction of sp³-hybridized carbons (Fsp3) is 0.765. The Morgan fingerprint density at radius 1 is 1.14 bits per heavy atom. The highest BCUT2D eigenvalue weighted by Crippen LogP contribution is 2.25. The molecule has 11 heteroatoms. The number of hydrogen-bond acceptors (Lipinski definition) is 7. The number of nitrogens with one attached hydrogen (secondary N) is 1. The maximum Gasteiger partial charge on any atom is 0.326 e. The van der Waals surface area contributed by atoms with Crippen molar-refractivity contribution in [3.63, 3.8) is 0 Å². The second-order valence-electron chi connectivity index (χ2n) is 7.23. The molecule has 2 fully saturated rings. The molecule has 0 bridgehead atoms. The Hall–Kier alpha value is -1.85. The van der Waals surface area contributed by atoms with Gasteiger partial charge in [0.2, 0.25) is 17.7 Å². The number of aliphatic hydroxyl groups is 1. The summed E-state index contributed by atoms with van der Waals surface area (Å²) >= 11 is 4.11. The molecule has 0 aromatic rings. The van der Waals surface area contributed by atoms with Crippen LogP contribution in [0.1, 0.15) is 32.6 Å². The molecule has 2 aliphatic heterocycles. The molecule has 0 aliphatic carbocycles. The van der Waals surface area contributed by atoms with Gasteiger partial charge in [0.05, 0.1) is 6.10 Å². The molecule has 5 unspecified atom stereocenters. The molecular formula is C17H28N4O6S. The van der Waals surface area contributed by atoms with Gasteiger partial charge in [0.25, 0.3) is 0 Å². The van der Waals surface area contributed by atoms with Crippen LogP contribution >= 0.6 is 12.6 Å². The third-order valence-corrected chi connectivity index (χ3v) is 5.63. The molecular weight excluding hydrogens is 388 g/mol. The van der Waals surface area contributed by atoms with E-state index in [0.29, 0.717) is 38.8 Å². The number of carbonyl (C=O) groups excluding carboxylic acids is 3. The van der Waals surface area contributed by atoms with Gasteiger partial charge < -0.3 is 31.1 Å². The van der Waals surface area contributed by atoms with Crippen LogP contribution in [0.2, 0.25) is 0 Å². The highest BCUT2D eigenvalue weighted by atomic mass is 32.1. The summed E-state index contributed by atoms with van der Waals surface area (Å²) in [5.74, 6) is -2.58. The van der Waals surface area contributed by atoms with Crippen LogP contribution in [0, 0.1) is 0 Å². The van der Waals surface area contributed by atoms with Crippen molar-refractivity contribution in [1.82, 2.24) is 15.1 Å². The van der Waals surface area contributed by atoms with Crippen molar-refractivity contribution in [3.8, 4) is 0 Å². The SMILES string of the molecule is CC(O)C(N)C(=O)NC(CS)C(=O)N1CCCC1C(=O)N1CCCC1C(=O)O. The number of aliphatic hydroxyl groups excluding tert-OH is 1. The topological polar surface area (TPSA) is 153 Å². The number of rotatable bonds is 7. The summed E-state index contributed by atoms with van der Waals surface area (Å²) in [7, 11) is 0. The Kier molecular flexibility index (Phi) is 7.67. The van der Waals surface area contributed by atoms with Gasteiger partial charge >= 0.3 is 5.97 Å². The van der Waals surface area contributed by atoms with Gasteiger partial charge in [-0.15, -0.1) is 0 Å². The molecule has 3 amide bonds. The number of amides is 3. The van der Waals surface area contributed by atoms with Gasteiger partial charge in [-0.25, -0.2) is 4.79 Å². The van der Waals surface area contributed by atoms with Crippen molar-refractivity contribution >= 4 is 36.3 Å². The average molecular weight is 417 g/mol.